The van der Waals surface area contributed by atoms with Gasteiger partial charge >= 0.3 is 6.03 Å². The summed E-state index contributed by atoms with van der Waals surface area (Å²) in [5, 5.41) is 11.4. The van der Waals surface area contributed by atoms with E-state index in [1.807, 2.05) is 6.19 Å². The maximum Gasteiger partial charge on any atom is 0.324 e. The first kappa shape index (κ1) is 12.8. The third-order valence-electron chi connectivity index (χ3n) is 2.75. The number of anilines is 1. The zero-order valence-corrected chi connectivity index (χ0v) is 9.97. The lowest BCUT2D eigenvalue weighted by molar-refractivity contribution is -0.124. The minimum Gasteiger partial charge on any atom is -0.329 e. The Kier molecular flexibility index (Phi) is 3.61. The predicted octanol–water partition coefficient (Wildman–Crippen LogP) is 0.665. The maximum absolute atomic E-state index is 13.5. The zero-order valence-electron chi connectivity index (χ0n) is 9.97. The van der Waals surface area contributed by atoms with Gasteiger partial charge in [0.2, 0.25) is 5.91 Å². The fourth-order valence-corrected chi connectivity index (χ4v) is 1.78. The summed E-state index contributed by atoms with van der Waals surface area (Å²) in [6.07, 6.45) is 1.84. The Morgan fingerprint density at radius 3 is 2.74 bits per heavy atom. The first-order valence-corrected chi connectivity index (χ1v) is 5.63. The van der Waals surface area contributed by atoms with Gasteiger partial charge in [0.15, 0.2) is 6.19 Å². The number of carbonyl (C=O) groups is 2. The quantitative estimate of drug-likeness (QED) is 0.491. The Morgan fingerprint density at radius 1 is 1.42 bits per heavy atom. The molecule has 0 bridgehead atoms. The molecule has 1 aromatic carbocycles. The summed E-state index contributed by atoms with van der Waals surface area (Å²) in [7, 11) is 0. The lowest BCUT2D eigenvalue weighted by atomic mass is 10.3. The maximum atomic E-state index is 13.5. The third-order valence-corrected chi connectivity index (χ3v) is 2.75. The second-order valence-corrected chi connectivity index (χ2v) is 3.91. The second kappa shape index (κ2) is 5.35. The van der Waals surface area contributed by atoms with Gasteiger partial charge in [-0.25, -0.2) is 9.18 Å². The van der Waals surface area contributed by atoms with E-state index in [2.05, 4.69) is 5.32 Å². The van der Waals surface area contributed by atoms with Gasteiger partial charge in [0.1, 0.15) is 5.82 Å². The van der Waals surface area contributed by atoms with Crippen LogP contribution in [0, 0.1) is 17.3 Å². The Bertz CT molecular complexity index is 539. The van der Waals surface area contributed by atoms with Crippen molar-refractivity contribution in [2.24, 2.45) is 0 Å². The van der Waals surface area contributed by atoms with Gasteiger partial charge in [0.05, 0.1) is 18.8 Å². The summed E-state index contributed by atoms with van der Waals surface area (Å²) in [6.45, 7) is 0.0498. The normalized spacial score (nSPS) is 14.2. The van der Waals surface area contributed by atoms with Crippen molar-refractivity contribution in [3.63, 3.8) is 0 Å². The van der Waals surface area contributed by atoms with Crippen molar-refractivity contribution in [2.45, 2.75) is 0 Å². The Morgan fingerprint density at radius 2 is 2.16 bits per heavy atom. The molecule has 0 aliphatic carbocycles. The van der Waals surface area contributed by atoms with Crippen LogP contribution < -0.4 is 10.2 Å². The number of nitrogens with zero attached hydrogens (tertiary/aromatic N) is 3. The smallest absolute Gasteiger partial charge is 0.324 e. The molecule has 0 radical (unpaired) electrons. The molecular formula is C12H11FN4O2. The molecule has 0 unspecified atom stereocenters. The SMILES string of the molecule is N#CN(CCN1C(=O)CNC1=O)c1ccccc1F. The van der Waals surface area contributed by atoms with Crippen molar-refractivity contribution in [3.05, 3.63) is 30.1 Å². The van der Waals surface area contributed by atoms with Crippen molar-refractivity contribution in [1.29, 1.82) is 5.26 Å². The van der Waals surface area contributed by atoms with E-state index in [-0.39, 0.29) is 31.2 Å². The molecule has 2 rings (SSSR count). The Balaban J connectivity index is 2.05. The lowest BCUT2D eigenvalue weighted by Gasteiger charge is -2.19. The summed E-state index contributed by atoms with van der Waals surface area (Å²) in [6, 6.07) is 5.34. The molecule has 1 aromatic rings. The van der Waals surface area contributed by atoms with E-state index in [1.165, 1.54) is 18.2 Å². The number of rotatable bonds is 4. The monoisotopic (exact) mass is 262 g/mol. The lowest BCUT2D eigenvalue weighted by Crippen LogP contribution is -2.37. The van der Waals surface area contributed by atoms with Gasteiger partial charge in [-0.2, -0.15) is 5.26 Å². The topological polar surface area (TPSA) is 76.4 Å². The van der Waals surface area contributed by atoms with Gasteiger partial charge in [0, 0.05) is 6.54 Å². The molecule has 0 spiro atoms. The molecule has 1 N–H and O–H groups in total. The number of hydrogen-bond donors (Lipinski definition) is 1. The molecule has 1 aliphatic heterocycles. The van der Waals surface area contributed by atoms with Crippen LogP contribution in [0.15, 0.2) is 24.3 Å². The van der Waals surface area contributed by atoms with E-state index in [1.54, 1.807) is 6.07 Å². The summed E-state index contributed by atoms with van der Waals surface area (Å²) in [5.41, 5.74) is 0.122. The van der Waals surface area contributed by atoms with E-state index < -0.39 is 11.8 Å². The van der Waals surface area contributed by atoms with E-state index >= 15 is 0 Å². The first-order valence-electron chi connectivity index (χ1n) is 5.63. The molecule has 1 fully saturated rings. The highest BCUT2D eigenvalue weighted by Gasteiger charge is 2.28. The molecule has 1 saturated heterocycles. The average Bonchev–Trinajstić information content (AvgIpc) is 2.72. The van der Waals surface area contributed by atoms with Crippen LogP contribution in [-0.4, -0.2) is 36.5 Å². The number of nitrogens with one attached hydrogen (secondary N) is 1. The molecule has 0 saturated carbocycles. The van der Waals surface area contributed by atoms with E-state index in [9.17, 15) is 14.0 Å². The first-order chi connectivity index (χ1) is 9.13. The summed E-state index contributed by atoms with van der Waals surface area (Å²) >= 11 is 0. The van der Waals surface area contributed by atoms with Crippen LogP contribution in [0.25, 0.3) is 0 Å². The number of urea groups is 1. The fourth-order valence-electron chi connectivity index (χ4n) is 1.78. The van der Waals surface area contributed by atoms with E-state index in [4.69, 9.17) is 5.26 Å². The molecule has 3 amide bonds. The highest BCUT2D eigenvalue weighted by atomic mass is 19.1. The van der Waals surface area contributed by atoms with Crippen molar-refractivity contribution in [2.75, 3.05) is 24.5 Å². The molecule has 0 aromatic heterocycles. The second-order valence-electron chi connectivity index (χ2n) is 3.91. The van der Waals surface area contributed by atoms with Crippen molar-refractivity contribution >= 4 is 17.6 Å². The van der Waals surface area contributed by atoms with Gasteiger partial charge in [0.25, 0.3) is 0 Å². The van der Waals surface area contributed by atoms with Crippen LogP contribution in [-0.2, 0) is 4.79 Å². The largest absolute Gasteiger partial charge is 0.329 e. The van der Waals surface area contributed by atoms with Gasteiger partial charge in [-0.1, -0.05) is 12.1 Å². The standard InChI is InChI=1S/C12H11FN4O2/c13-9-3-1-2-4-10(9)16(8-14)5-6-17-11(18)7-15-12(17)19/h1-4H,5-7H2,(H,15,19). The zero-order chi connectivity index (χ0) is 13.8. The minimum atomic E-state index is -0.527. The minimum absolute atomic E-state index is 0.0343. The van der Waals surface area contributed by atoms with Gasteiger partial charge in [-0.05, 0) is 12.1 Å². The molecule has 0 atom stereocenters. The van der Waals surface area contributed by atoms with Crippen LogP contribution in [0.5, 0.6) is 0 Å². The molecular weight excluding hydrogens is 251 g/mol. The Labute approximate surface area is 109 Å². The number of carbonyl (C=O) groups excluding carboxylic acids is 2. The Hall–Kier alpha value is -2.62. The van der Waals surface area contributed by atoms with E-state index in [0.29, 0.717) is 0 Å². The summed E-state index contributed by atoms with van der Waals surface area (Å²) in [5.74, 6) is -0.877. The molecule has 1 heterocycles. The summed E-state index contributed by atoms with van der Waals surface area (Å²) < 4.78 is 13.5. The number of halogens is 1. The number of hydrogen-bond acceptors (Lipinski definition) is 4. The highest BCUT2D eigenvalue weighted by molar-refractivity contribution is 6.01. The number of benzene rings is 1. The summed E-state index contributed by atoms with van der Waals surface area (Å²) in [4.78, 5) is 24.8. The fraction of sp³-hybridized carbons (Fsp3) is 0.250. The molecule has 7 heteroatoms. The predicted molar refractivity (Wildman–Crippen MR) is 64.5 cm³/mol. The van der Waals surface area contributed by atoms with Crippen LogP contribution in [0.2, 0.25) is 0 Å². The number of amides is 3. The van der Waals surface area contributed by atoms with Crippen LogP contribution in [0.1, 0.15) is 0 Å². The van der Waals surface area contributed by atoms with Gasteiger partial charge in [-0.3, -0.25) is 14.6 Å². The van der Waals surface area contributed by atoms with Crippen LogP contribution in [0.3, 0.4) is 0 Å². The third kappa shape index (κ3) is 2.63. The molecule has 19 heavy (non-hydrogen) atoms. The van der Waals surface area contributed by atoms with Gasteiger partial charge < -0.3 is 5.32 Å². The van der Waals surface area contributed by atoms with E-state index in [0.717, 1.165) is 9.80 Å². The molecule has 98 valence electrons. The van der Waals surface area contributed by atoms with Crippen molar-refractivity contribution in [1.82, 2.24) is 10.2 Å². The number of para-hydroxylation sites is 1. The van der Waals surface area contributed by atoms with Crippen molar-refractivity contribution in [3.8, 4) is 6.19 Å². The van der Waals surface area contributed by atoms with Gasteiger partial charge in [-0.15, -0.1) is 0 Å². The average molecular weight is 262 g/mol. The molecule has 1 aliphatic rings. The van der Waals surface area contributed by atoms with Crippen LogP contribution >= 0.6 is 0 Å². The van der Waals surface area contributed by atoms with Crippen molar-refractivity contribution < 1.29 is 14.0 Å². The highest BCUT2D eigenvalue weighted by Crippen LogP contribution is 2.17. The van der Waals surface area contributed by atoms with Crippen LogP contribution in [0.4, 0.5) is 14.9 Å². The number of imide groups is 1. The molecule has 6 nitrogen and oxygen atoms in total. The number of nitriles is 1.